The molecule has 1 aliphatic rings. The van der Waals surface area contributed by atoms with E-state index in [0.717, 1.165) is 35.6 Å². The molecule has 1 aliphatic heterocycles. The lowest BCUT2D eigenvalue weighted by Crippen LogP contribution is -2.38. The molecule has 0 aliphatic carbocycles. The molecule has 5 heteroatoms. The van der Waals surface area contributed by atoms with Crippen molar-refractivity contribution in [1.82, 2.24) is 0 Å². The number of aromatic nitrogens is 1. The van der Waals surface area contributed by atoms with E-state index in [9.17, 15) is 5.11 Å². The smallest absolute Gasteiger partial charge is 0.231 e. The van der Waals surface area contributed by atoms with Gasteiger partial charge in [0.2, 0.25) is 18.7 Å². The van der Waals surface area contributed by atoms with E-state index in [0.29, 0.717) is 5.56 Å². The van der Waals surface area contributed by atoms with E-state index in [2.05, 4.69) is 18.1 Å². The maximum absolute atomic E-state index is 12.6. The van der Waals surface area contributed by atoms with Crippen molar-refractivity contribution in [1.29, 1.82) is 0 Å². The van der Waals surface area contributed by atoms with Gasteiger partial charge in [0.05, 0.1) is 11.8 Å². The molecule has 0 N–H and O–H groups in total. The van der Waals surface area contributed by atoms with Crippen molar-refractivity contribution in [3.05, 3.63) is 89.7 Å². The van der Waals surface area contributed by atoms with Crippen molar-refractivity contribution in [2.75, 3.05) is 6.79 Å². The van der Waals surface area contributed by atoms with E-state index >= 15 is 0 Å². The summed E-state index contributed by atoms with van der Waals surface area (Å²) in [6.07, 6.45) is 3.76. The van der Waals surface area contributed by atoms with Crippen LogP contribution in [0.4, 0.5) is 0 Å². The third kappa shape index (κ3) is 3.69. The number of nitrogens with zero attached hydrogens (tertiary/aromatic N) is 2. The lowest BCUT2D eigenvalue weighted by Gasteiger charge is -2.15. The van der Waals surface area contributed by atoms with Gasteiger partial charge in [-0.2, -0.15) is 0 Å². The van der Waals surface area contributed by atoms with E-state index in [4.69, 9.17) is 9.47 Å². The van der Waals surface area contributed by atoms with E-state index in [1.165, 1.54) is 0 Å². The van der Waals surface area contributed by atoms with Crippen LogP contribution in [0.15, 0.2) is 78.0 Å². The second-order valence-corrected chi connectivity index (χ2v) is 6.70. The summed E-state index contributed by atoms with van der Waals surface area (Å²) in [6.45, 7) is 2.41. The molecule has 0 spiro atoms. The van der Waals surface area contributed by atoms with Gasteiger partial charge in [0.15, 0.2) is 11.5 Å². The summed E-state index contributed by atoms with van der Waals surface area (Å²) in [7, 11) is 0. The summed E-state index contributed by atoms with van der Waals surface area (Å²) in [4.78, 5) is 0. The number of ether oxygens (including phenoxy) is 2. The fraction of sp³-hybridized carbons (Fsp3) is 0.217. The average Bonchev–Trinajstić information content (AvgIpc) is 3.21. The van der Waals surface area contributed by atoms with Crippen LogP contribution in [0.5, 0.6) is 11.5 Å². The van der Waals surface area contributed by atoms with Crippen LogP contribution in [-0.2, 0) is 0 Å². The van der Waals surface area contributed by atoms with E-state index in [1.807, 2.05) is 54.7 Å². The molecule has 0 radical (unpaired) electrons. The van der Waals surface area contributed by atoms with Gasteiger partial charge >= 0.3 is 0 Å². The van der Waals surface area contributed by atoms with Gasteiger partial charge in [-0.15, -0.1) is 0 Å². The Balaban J connectivity index is 1.74. The lowest BCUT2D eigenvalue weighted by atomic mass is 9.90. The summed E-state index contributed by atoms with van der Waals surface area (Å²) in [5.74, 6) is 1.36. The zero-order valence-electron chi connectivity index (χ0n) is 15.7. The van der Waals surface area contributed by atoms with E-state index < -0.39 is 0 Å². The van der Waals surface area contributed by atoms with Crippen molar-refractivity contribution in [2.24, 2.45) is 5.10 Å². The monoisotopic (exact) mass is 374 g/mol. The molecule has 0 saturated heterocycles. The molecule has 0 saturated carbocycles. The van der Waals surface area contributed by atoms with Crippen LogP contribution < -0.4 is 19.3 Å². The molecular weight excluding hydrogens is 352 g/mol. The van der Waals surface area contributed by atoms with Crippen molar-refractivity contribution in [3.63, 3.8) is 0 Å². The van der Waals surface area contributed by atoms with Gasteiger partial charge in [-0.1, -0.05) is 54.4 Å². The highest BCUT2D eigenvalue weighted by molar-refractivity contribution is 5.89. The summed E-state index contributed by atoms with van der Waals surface area (Å²) in [5.41, 5.74) is 2.65. The number of hydrogen-bond donors (Lipinski definition) is 0. The molecule has 4 rings (SSSR count). The Hall–Kier alpha value is -3.34. The van der Waals surface area contributed by atoms with Crippen LogP contribution in [-0.4, -0.2) is 12.7 Å². The molecule has 3 aromatic rings. The summed E-state index contributed by atoms with van der Waals surface area (Å²) < 4.78 is 12.7. The fourth-order valence-corrected chi connectivity index (χ4v) is 3.45. The van der Waals surface area contributed by atoms with Crippen LogP contribution in [0.25, 0.3) is 0 Å². The number of fused-ring (bicyclic) bond motifs is 1. The van der Waals surface area contributed by atoms with Crippen LogP contribution in [0.1, 0.15) is 42.5 Å². The van der Waals surface area contributed by atoms with Gasteiger partial charge in [0, 0.05) is 12.1 Å². The highest BCUT2D eigenvalue weighted by Gasteiger charge is 2.25. The van der Waals surface area contributed by atoms with Crippen LogP contribution in [0.3, 0.4) is 0 Å². The first-order chi connectivity index (χ1) is 13.8. The standard InChI is InChI=1S/C23H22N2O3/c1-2-8-19(18-12-13-21-22(15-18)28-16-27-21)20-11-6-7-14-25(20)24-23(26)17-9-4-3-5-10-17/h3-7,9-15,19H,2,8,16H2,1H3. The molecular formula is C23H22N2O3. The largest absolute Gasteiger partial charge is 0.854 e. The van der Waals surface area contributed by atoms with E-state index in [1.54, 1.807) is 16.8 Å². The molecule has 1 unspecified atom stereocenters. The summed E-state index contributed by atoms with van der Waals surface area (Å²) in [5, 5.41) is 17.0. The lowest BCUT2D eigenvalue weighted by molar-refractivity contribution is -0.689. The van der Waals surface area contributed by atoms with Crippen LogP contribution in [0.2, 0.25) is 0 Å². The maximum Gasteiger partial charge on any atom is 0.231 e. The Kier molecular flexibility index (Phi) is 5.24. The second-order valence-electron chi connectivity index (χ2n) is 6.70. The highest BCUT2D eigenvalue weighted by Crippen LogP contribution is 2.37. The van der Waals surface area contributed by atoms with Crippen molar-refractivity contribution in [3.8, 4) is 11.5 Å². The van der Waals surface area contributed by atoms with Crippen molar-refractivity contribution in [2.45, 2.75) is 25.7 Å². The Labute approximate surface area is 164 Å². The molecule has 2 aromatic carbocycles. The quantitative estimate of drug-likeness (QED) is 0.378. The number of benzene rings is 2. The summed E-state index contributed by atoms with van der Waals surface area (Å²) >= 11 is 0. The normalized spacial score (nSPS) is 14.1. The van der Waals surface area contributed by atoms with Gasteiger partial charge < -0.3 is 14.6 Å². The first-order valence-electron chi connectivity index (χ1n) is 9.48. The number of hydrogen-bond acceptors (Lipinski definition) is 4. The number of rotatable bonds is 6. The Morgan fingerprint density at radius 1 is 1.04 bits per heavy atom. The Bertz CT molecular complexity index is 986. The van der Waals surface area contributed by atoms with Crippen LogP contribution in [0, 0.1) is 0 Å². The molecule has 142 valence electrons. The molecule has 1 aromatic heterocycles. The zero-order chi connectivity index (χ0) is 19.3. The number of pyridine rings is 1. The molecule has 28 heavy (non-hydrogen) atoms. The predicted molar refractivity (Wildman–Crippen MR) is 104 cm³/mol. The van der Waals surface area contributed by atoms with E-state index in [-0.39, 0.29) is 18.6 Å². The molecule has 2 heterocycles. The molecule has 0 amide bonds. The fourth-order valence-electron chi connectivity index (χ4n) is 3.45. The minimum absolute atomic E-state index is 0.0908. The topological polar surface area (TPSA) is 57.8 Å². The van der Waals surface area contributed by atoms with Crippen LogP contribution >= 0.6 is 0 Å². The zero-order valence-corrected chi connectivity index (χ0v) is 15.7. The minimum Gasteiger partial charge on any atom is -0.854 e. The predicted octanol–water partition coefficient (Wildman–Crippen LogP) is 3.21. The van der Waals surface area contributed by atoms with Gasteiger partial charge in [-0.05, 0) is 40.8 Å². The highest BCUT2D eigenvalue weighted by atomic mass is 16.7. The minimum atomic E-state index is -0.265. The van der Waals surface area contributed by atoms with Gasteiger partial charge in [-0.25, -0.2) is 0 Å². The van der Waals surface area contributed by atoms with Crippen molar-refractivity contribution < 1.29 is 19.3 Å². The van der Waals surface area contributed by atoms with Gasteiger partial charge in [-0.3, -0.25) is 0 Å². The summed E-state index contributed by atoms with van der Waals surface area (Å²) in [6, 6.07) is 21.0. The average molecular weight is 374 g/mol. The Morgan fingerprint density at radius 3 is 2.64 bits per heavy atom. The Morgan fingerprint density at radius 2 is 1.82 bits per heavy atom. The molecule has 1 atom stereocenters. The maximum atomic E-state index is 12.6. The molecule has 0 bridgehead atoms. The van der Waals surface area contributed by atoms with Gasteiger partial charge in [0.1, 0.15) is 0 Å². The molecule has 0 fully saturated rings. The molecule has 5 nitrogen and oxygen atoms in total. The first kappa shape index (κ1) is 18.0. The second kappa shape index (κ2) is 8.13. The van der Waals surface area contributed by atoms with Crippen molar-refractivity contribution >= 4 is 5.90 Å². The first-order valence-corrected chi connectivity index (χ1v) is 9.48. The third-order valence-electron chi connectivity index (χ3n) is 4.82. The van der Waals surface area contributed by atoms with Gasteiger partial charge in [0.25, 0.3) is 0 Å². The SMILES string of the molecule is CCCC(c1ccc2c(c1)OCO2)c1cccc[n+]1/N=C(\[O-])c1ccccc1. The third-order valence-corrected chi connectivity index (χ3v) is 4.82.